The van der Waals surface area contributed by atoms with Crippen molar-refractivity contribution in [2.45, 2.75) is 82.4 Å². The molecule has 0 unspecified atom stereocenters. The number of hydrogen-bond acceptors (Lipinski definition) is 12. The van der Waals surface area contributed by atoms with E-state index in [4.69, 9.17) is 33.7 Å². The topological polar surface area (TPSA) is 181 Å². The number of unbranched alkanes of at least 4 members (excludes halogenated alkanes) is 2. The van der Waals surface area contributed by atoms with E-state index in [-0.39, 0.29) is 76.4 Å². The molecule has 0 bridgehead atoms. The molecule has 9 rings (SSSR count). The fourth-order valence-corrected chi connectivity index (χ4v) is 10.8. The number of allylic oxidation sites excluding steroid dienone is 1. The minimum absolute atomic E-state index is 0.0309. The summed E-state index contributed by atoms with van der Waals surface area (Å²) in [6.07, 6.45) is 7.62. The van der Waals surface area contributed by atoms with Gasteiger partial charge in [0.25, 0.3) is 5.91 Å². The Hall–Kier alpha value is -7.44. The van der Waals surface area contributed by atoms with Crippen molar-refractivity contribution in [1.29, 1.82) is 5.26 Å². The van der Waals surface area contributed by atoms with Gasteiger partial charge in [0.15, 0.2) is 11.5 Å². The minimum atomic E-state index is -1.59. The lowest BCUT2D eigenvalue weighted by Crippen LogP contribution is -2.70. The first-order valence-corrected chi connectivity index (χ1v) is 24.8. The number of aliphatic hydroxyl groups is 2. The molecule has 72 heavy (non-hydrogen) atoms. The molecule has 372 valence electrons. The second-order valence-electron chi connectivity index (χ2n) is 18.6. The molecule has 1 saturated carbocycles. The van der Waals surface area contributed by atoms with Crippen LogP contribution in [0.3, 0.4) is 0 Å². The van der Waals surface area contributed by atoms with Gasteiger partial charge in [-0.05, 0) is 114 Å². The summed E-state index contributed by atoms with van der Waals surface area (Å²) in [5.41, 5.74) is 5.63. The second-order valence-corrected chi connectivity index (χ2v) is 18.6. The number of nitrogens with one attached hydrogen (secondary N) is 1. The number of aliphatic hydroxyl groups excluding tert-OH is 2. The Kier molecular flexibility index (Phi) is 16.0. The van der Waals surface area contributed by atoms with Gasteiger partial charge < -0.3 is 49.0 Å². The monoisotopic (exact) mass is 972 g/mol. The first kappa shape index (κ1) is 49.5. The Morgan fingerprint density at radius 1 is 0.847 bits per heavy atom. The number of oxime groups is 1. The van der Waals surface area contributed by atoms with Gasteiger partial charge in [0.05, 0.1) is 29.9 Å². The number of fused-ring (bicyclic) bond motifs is 3. The van der Waals surface area contributed by atoms with Crippen LogP contribution in [-0.2, 0) is 29.3 Å². The van der Waals surface area contributed by atoms with E-state index in [0.717, 1.165) is 47.1 Å². The number of carbonyl (C=O) groups excluding carboxylic acids is 2. The molecule has 4 aliphatic rings. The average Bonchev–Trinajstić information content (AvgIpc) is 3.89. The van der Waals surface area contributed by atoms with Gasteiger partial charge in [-0.3, -0.25) is 4.79 Å². The summed E-state index contributed by atoms with van der Waals surface area (Å²) in [5, 5.41) is 37.7. The highest BCUT2D eigenvalue weighted by molar-refractivity contribution is 6.03. The van der Waals surface area contributed by atoms with Gasteiger partial charge in [-0.1, -0.05) is 96.9 Å². The first-order chi connectivity index (χ1) is 35.3. The lowest BCUT2D eigenvalue weighted by molar-refractivity contribution is -0.255. The van der Waals surface area contributed by atoms with Crippen LogP contribution in [0.4, 0.5) is 4.79 Å². The zero-order chi connectivity index (χ0) is 49.9. The Morgan fingerprint density at radius 3 is 2.31 bits per heavy atom. The van der Waals surface area contributed by atoms with Crippen LogP contribution in [0.15, 0.2) is 151 Å². The summed E-state index contributed by atoms with van der Waals surface area (Å²) in [5.74, 6) is -1.08. The highest BCUT2D eigenvalue weighted by Crippen LogP contribution is 2.62. The lowest BCUT2D eigenvalue weighted by atomic mass is 9.55. The summed E-state index contributed by atoms with van der Waals surface area (Å²) < 4.78 is 32.2. The maximum atomic E-state index is 15.6. The number of ether oxygens (including phenoxy) is 5. The fraction of sp³-hybridized carbons (Fsp3) is 0.345. The van der Waals surface area contributed by atoms with Gasteiger partial charge in [-0.25, -0.2) is 4.79 Å². The van der Waals surface area contributed by atoms with E-state index in [9.17, 15) is 20.3 Å². The lowest BCUT2D eigenvalue weighted by Gasteiger charge is -2.60. The molecule has 5 aromatic rings. The van der Waals surface area contributed by atoms with E-state index in [0.29, 0.717) is 59.1 Å². The molecule has 0 radical (unpaired) electrons. The van der Waals surface area contributed by atoms with Crippen LogP contribution in [0.1, 0.15) is 89.0 Å². The van der Waals surface area contributed by atoms with Crippen LogP contribution >= 0.6 is 0 Å². The van der Waals surface area contributed by atoms with Crippen molar-refractivity contribution in [1.82, 2.24) is 10.2 Å². The van der Waals surface area contributed by atoms with Crippen LogP contribution in [0.2, 0.25) is 0 Å². The van der Waals surface area contributed by atoms with Gasteiger partial charge in [0.1, 0.15) is 24.1 Å². The molecule has 0 saturated heterocycles. The molecule has 14 heteroatoms. The van der Waals surface area contributed by atoms with Crippen molar-refractivity contribution in [2.75, 3.05) is 26.6 Å². The van der Waals surface area contributed by atoms with Crippen LogP contribution in [-0.4, -0.2) is 71.3 Å². The van der Waals surface area contributed by atoms with E-state index in [1.807, 2.05) is 91.0 Å². The number of benzene rings is 5. The molecule has 5 aromatic carbocycles. The summed E-state index contributed by atoms with van der Waals surface area (Å²) >= 11 is 0. The zero-order valence-corrected chi connectivity index (χ0v) is 40.2. The van der Waals surface area contributed by atoms with Crippen LogP contribution < -0.4 is 24.3 Å². The molecule has 1 fully saturated rings. The molecule has 2 heterocycles. The van der Waals surface area contributed by atoms with E-state index >= 15 is 4.79 Å². The van der Waals surface area contributed by atoms with Gasteiger partial charge in [-0.15, -0.1) is 6.58 Å². The van der Waals surface area contributed by atoms with Crippen molar-refractivity contribution in [3.8, 4) is 29.1 Å². The van der Waals surface area contributed by atoms with Crippen molar-refractivity contribution in [3.63, 3.8) is 0 Å². The van der Waals surface area contributed by atoms with E-state index in [2.05, 4.69) is 24.0 Å². The standard InChI is InChI=1S/C58H60N4O10/c1-2-29-69-58-53(62(56(65)43-22-19-39(34-59)20-23-43)36-42-21-25-51-52(30-42)68-38-67-51)33-49(61-70-37-41-15-7-4-8-16-41)47-31-44(17-9-11-27-63)46(18-10-12-28-64)54(55(47)58)48-32-45(24-26-50(48)72-58)71-57(66)60-35-40-13-5-3-6-14-40/h2-8,13-16,19-26,30-32,44,46,53-55,63-64H,1,9-12,17-18,27-29,33,35-38H2,(H,60,66)/t44-,46+,53-,54+,55+,58+/m0/s1. The predicted octanol–water partition coefficient (Wildman–Crippen LogP) is 9.75. The third-order valence-corrected chi connectivity index (χ3v) is 14.1. The quantitative estimate of drug-likeness (QED) is 0.0362. The second kappa shape index (κ2) is 23.2. The largest absolute Gasteiger partial charge is 0.459 e. The average molecular weight is 973 g/mol. The van der Waals surface area contributed by atoms with Gasteiger partial charge in [0, 0.05) is 49.8 Å². The Morgan fingerprint density at radius 2 is 1.57 bits per heavy atom. The maximum Gasteiger partial charge on any atom is 0.412 e. The third kappa shape index (κ3) is 10.9. The smallest absolute Gasteiger partial charge is 0.412 e. The molecular weight excluding hydrogens is 913 g/mol. The molecule has 0 spiro atoms. The van der Waals surface area contributed by atoms with Gasteiger partial charge in [-0.2, -0.15) is 5.26 Å². The molecule has 0 aromatic heterocycles. The number of rotatable bonds is 21. The van der Waals surface area contributed by atoms with E-state index in [1.165, 1.54) is 0 Å². The van der Waals surface area contributed by atoms with Crippen molar-refractivity contribution >= 4 is 17.7 Å². The predicted molar refractivity (Wildman–Crippen MR) is 269 cm³/mol. The summed E-state index contributed by atoms with van der Waals surface area (Å²) in [6, 6.07) is 38.2. The van der Waals surface area contributed by atoms with E-state index in [1.54, 1.807) is 41.3 Å². The number of hydrogen-bond donors (Lipinski definition) is 3. The summed E-state index contributed by atoms with van der Waals surface area (Å²) in [6.45, 7) is 4.84. The molecular formula is C58H60N4O10. The van der Waals surface area contributed by atoms with Gasteiger partial charge >= 0.3 is 6.09 Å². The number of carbonyl (C=O) groups is 2. The Labute approximate surface area is 420 Å². The van der Waals surface area contributed by atoms with Crippen LogP contribution in [0.25, 0.3) is 0 Å². The SMILES string of the molecule is C=CCO[C@@]12Oc3ccc(OC(=O)NCc4ccccc4)cc3[C@H]3[C@H](CCCCO)[C@@H](CCCCO)C=C(C(=NOCc4ccccc4)C[C@@H]1N(Cc1ccc4c(c1)OCO4)C(=O)c1ccc(C#N)cc1)[C@H]32. The molecule has 2 aliphatic heterocycles. The van der Waals surface area contributed by atoms with Crippen molar-refractivity contribution in [2.24, 2.45) is 22.9 Å². The number of amides is 2. The molecule has 3 N–H and O–H groups in total. The highest BCUT2D eigenvalue weighted by atomic mass is 16.7. The fourth-order valence-electron chi connectivity index (χ4n) is 10.8. The van der Waals surface area contributed by atoms with Crippen molar-refractivity contribution in [3.05, 3.63) is 179 Å². The first-order valence-electron chi connectivity index (χ1n) is 24.8. The Balaban J connectivity index is 1.23. The van der Waals surface area contributed by atoms with Crippen LogP contribution in [0.5, 0.6) is 23.0 Å². The molecule has 14 nitrogen and oxygen atoms in total. The summed E-state index contributed by atoms with van der Waals surface area (Å²) in [7, 11) is 0. The minimum Gasteiger partial charge on any atom is -0.459 e. The zero-order valence-electron chi connectivity index (χ0n) is 40.2. The molecule has 6 atom stereocenters. The normalized spacial score (nSPS) is 21.8. The van der Waals surface area contributed by atoms with Gasteiger partial charge in [0.2, 0.25) is 12.6 Å². The maximum absolute atomic E-state index is 15.6. The molecule has 2 amide bonds. The number of nitriles is 1. The summed E-state index contributed by atoms with van der Waals surface area (Å²) in [4.78, 5) is 37.1. The van der Waals surface area contributed by atoms with E-state index < -0.39 is 23.8 Å². The molecule has 2 aliphatic carbocycles. The third-order valence-electron chi connectivity index (χ3n) is 14.1. The highest BCUT2D eigenvalue weighted by Gasteiger charge is 2.65. The Bertz CT molecular complexity index is 2800. The van der Waals surface area contributed by atoms with Crippen LogP contribution in [0, 0.1) is 29.1 Å². The number of nitrogens with zero attached hydrogens (tertiary/aromatic N) is 3. The van der Waals surface area contributed by atoms with Crippen molar-refractivity contribution < 1.29 is 48.3 Å².